The van der Waals surface area contributed by atoms with Crippen LogP contribution in [0.5, 0.6) is 5.75 Å². The first-order valence-corrected chi connectivity index (χ1v) is 10.2. The summed E-state index contributed by atoms with van der Waals surface area (Å²) in [5.41, 5.74) is 0.864. The number of rotatable bonds is 5. The van der Waals surface area contributed by atoms with Crippen molar-refractivity contribution in [2.45, 2.75) is 12.1 Å². The number of thioether (sulfide) groups is 1. The Labute approximate surface area is 140 Å². The molecule has 0 N–H and O–H groups in total. The molecule has 2 atom stereocenters. The Kier molecular flexibility index (Phi) is 4.84. The van der Waals surface area contributed by atoms with E-state index in [1.54, 1.807) is 26.0 Å². The number of ether oxygens (including phenoxy) is 2. The molecule has 0 spiro atoms. The Morgan fingerprint density at radius 2 is 2.09 bits per heavy atom. The van der Waals surface area contributed by atoms with Crippen LogP contribution in [0.1, 0.15) is 0 Å². The number of methoxy groups -OCH3 is 2. The summed E-state index contributed by atoms with van der Waals surface area (Å²) in [7, 11) is 0.243. The van der Waals surface area contributed by atoms with Crippen molar-refractivity contribution in [2.75, 3.05) is 43.0 Å². The van der Waals surface area contributed by atoms with Gasteiger partial charge in [0.25, 0.3) is 0 Å². The number of amidine groups is 1. The topological polar surface area (TPSA) is 68.2 Å². The maximum absolute atomic E-state index is 12.0. The van der Waals surface area contributed by atoms with Crippen molar-refractivity contribution in [3.8, 4) is 5.75 Å². The van der Waals surface area contributed by atoms with E-state index in [1.807, 2.05) is 29.2 Å². The lowest BCUT2D eigenvalue weighted by molar-refractivity contribution is 0.219. The van der Waals surface area contributed by atoms with Crippen molar-refractivity contribution in [1.29, 1.82) is 0 Å². The van der Waals surface area contributed by atoms with Crippen molar-refractivity contribution in [2.24, 2.45) is 4.99 Å². The normalized spacial score (nSPS) is 25.3. The monoisotopic (exact) mass is 356 g/mol. The van der Waals surface area contributed by atoms with Crippen LogP contribution in [0.15, 0.2) is 29.3 Å². The molecule has 2 heterocycles. The highest BCUT2D eigenvalue weighted by molar-refractivity contribution is 8.14. The molecule has 1 aromatic carbocycles. The number of para-hydroxylation sites is 2. The van der Waals surface area contributed by atoms with E-state index in [1.165, 1.54) is 0 Å². The molecule has 126 valence electrons. The highest BCUT2D eigenvalue weighted by Gasteiger charge is 2.47. The van der Waals surface area contributed by atoms with Gasteiger partial charge >= 0.3 is 0 Å². The second kappa shape index (κ2) is 6.70. The molecular formula is C15H20N2O4S2. The van der Waals surface area contributed by atoms with Crippen LogP contribution in [0, 0.1) is 0 Å². The third kappa shape index (κ3) is 3.34. The summed E-state index contributed by atoms with van der Waals surface area (Å²) < 4.78 is 34.5. The summed E-state index contributed by atoms with van der Waals surface area (Å²) in [5, 5.41) is 0.844. The summed E-state index contributed by atoms with van der Waals surface area (Å²) >= 11 is 1.59. The Balaban J connectivity index is 1.94. The Morgan fingerprint density at radius 1 is 1.30 bits per heavy atom. The van der Waals surface area contributed by atoms with Crippen LogP contribution in [0.3, 0.4) is 0 Å². The summed E-state index contributed by atoms with van der Waals surface area (Å²) in [5.74, 6) is 1.75. The number of nitrogens with zero attached hydrogens (tertiary/aromatic N) is 2. The van der Waals surface area contributed by atoms with Gasteiger partial charge in [0.2, 0.25) is 0 Å². The molecule has 0 saturated carbocycles. The van der Waals surface area contributed by atoms with E-state index in [9.17, 15) is 8.42 Å². The molecule has 1 aromatic rings. The third-order valence-corrected chi connectivity index (χ3v) is 6.60. The van der Waals surface area contributed by atoms with Gasteiger partial charge in [-0.2, -0.15) is 0 Å². The zero-order chi connectivity index (χ0) is 16.4. The number of hydrogen-bond acceptors (Lipinski definition) is 7. The molecule has 6 nitrogen and oxygen atoms in total. The van der Waals surface area contributed by atoms with Gasteiger partial charge in [-0.15, -0.1) is 0 Å². The fourth-order valence-electron chi connectivity index (χ4n) is 2.96. The van der Waals surface area contributed by atoms with Gasteiger partial charge in [0.15, 0.2) is 15.0 Å². The van der Waals surface area contributed by atoms with Crippen molar-refractivity contribution < 1.29 is 17.9 Å². The lowest BCUT2D eigenvalue weighted by Gasteiger charge is -2.27. The maximum atomic E-state index is 12.0. The summed E-state index contributed by atoms with van der Waals surface area (Å²) in [6, 6.07) is 7.29. The maximum Gasteiger partial charge on any atom is 0.164 e. The van der Waals surface area contributed by atoms with Crippen LogP contribution in [-0.4, -0.2) is 63.8 Å². The smallest absolute Gasteiger partial charge is 0.164 e. The Hall–Kier alpha value is -1.25. The van der Waals surface area contributed by atoms with Gasteiger partial charge < -0.3 is 14.4 Å². The molecule has 1 saturated heterocycles. The average molecular weight is 356 g/mol. The highest BCUT2D eigenvalue weighted by atomic mass is 32.2. The number of benzene rings is 1. The minimum absolute atomic E-state index is 0.123. The van der Waals surface area contributed by atoms with E-state index in [-0.39, 0.29) is 23.6 Å². The first-order chi connectivity index (χ1) is 11.1. The van der Waals surface area contributed by atoms with Gasteiger partial charge in [-0.05, 0) is 12.1 Å². The SMILES string of the molecule is COCCSC1=N[C@@H]2CS(=O)(=O)C[C@H]2N1c1ccccc1OC. The van der Waals surface area contributed by atoms with E-state index >= 15 is 0 Å². The van der Waals surface area contributed by atoms with E-state index in [2.05, 4.69) is 4.99 Å². The molecule has 23 heavy (non-hydrogen) atoms. The molecule has 0 unspecified atom stereocenters. The van der Waals surface area contributed by atoms with Crippen LogP contribution in [-0.2, 0) is 14.6 Å². The highest BCUT2D eigenvalue weighted by Crippen LogP contribution is 2.39. The Morgan fingerprint density at radius 3 is 2.83 bits per heavy atom. The van der Waals surface area contributed by atoms with Gasteiger partial charge in [-0.1, -0.05) is 23.9 Å². The Bertz CT molecular complexity index is 705. The molecule has 2 aliphatic heterocycles. The minimum Gasteiger partial charge on any atom is -0.495 e. The summed E-state index contributed by atoms with van der Waals surface area (Å²) in [6.45, 7) is 0.622. The third-order valence-electron chi connectivity index (χ3n) is 3.97. The van der Waals surface area contributed by atoms with Gasteiger partial charge in [0, 0.05) is 12.9 Å². The first-order valence-electron chi connectivity index (χ1n) is 7.38. The predicted octanol–water partition coefficient (Wildman–Crippen LogP) is 1.42. The largest absolute Gasteiger partial charge is 0.495 e. The van der Waals surface area contributed by atoms with Crippen LogP contribution < -0.4 is 9.64 Å². The number of sulfone groups is 1. The molecule has 0 bridgehead atoms. The molecule has 3 rings (SSSR count). The standard InChI is InChI=1S/C15H20N2O4S2/c1-20-7-8-22-15-16-11-9-23(18,19)10-13(11)17(15)12-5-3-4-6-14(12)21-2/h3-6,11,13H,7-10H2,1-2H3/t11-,13-/m1/s1. The minimum atomic E-state index is -3.04. The lowest BCUT2D eigenvalue weighted by atomic mass is 10.1. The molecule has 1 fully saturated rings. The quantitative estimate of drug-likeness (QED) is 0.743. The van der Waals surface area contributed by atoms with Crippen LogP contribution in [0.2, 0.25) is 0 Å². The van der Waals surface area contributed by atoms with Gasteiger partial charge in [0.1, 0.15) is 5.75 Å². The molecule has 2 aliphatic rings. The van der Waals surface area contributed by atoms with Crippen molar-refractivity contribution >= 4 is 32.5 Å². The van der Waals surface area contributed by atoms with Gasteiger partial charge in [0.05, 0.1) is 43.0 Å². The molecule has 0 aromatic heterocycles. The van der Waals surface area contributed by atoms with E-state index in [0.717, 1.165) is 22.4 Å². The average Bonchev–Trinajstić information content (AvgIpc) is 2.98. The van der Waals surface area contributed by atoms with Gasteiger partial charge in [-0.25, -0.2) is 8.42 Å². The van der Waals surface area contributed by atoms with E-state index < -0.39 is 9.84 Å². The van der Waals surface area contributed by atoms with Crippen molar-refractivity contribution in [3.63, 3.8) is 0 Å². The van der Waals surface area contributed by atoms with Crippen LogP contribution >= 0.6 is 11.8 Å². The predicted molar refractivity (Wildman–Crippen MR) is 93.5 cm³/mol. The molecular weight excluding hydrogens is 336 g/mol. The van der Waals surface area contributed by atoms with Crippen LogP contribution in [0.4, 0.5) is 5.69 Å². The fourth-order valence-corrected chi connectivity index (χ4v) is 5.82. The first kappa shape index (κ1) is 16.6. The number of hydrogen-bond donors (Lipinski definition) is 0. The molecule has 0 radical (unpaired) electrons. The van der Waals surface area contributed by atoms with Crippen molar-refractivity contribution in [3.05, 3.63) is 24.3 Å². The number of anilines is 1. The molecule has 0 aliphatic carbocycles. The van der Waals surface area contributed by atoms with Crippen LogP contribution in [0.25, 0.3) is 0 Å². The van der Waals surface area contributed by atoms with E-state index in [0.29, 0.717) is 6.61 Å². The lowest BCUT2D eigenvalue weighted by Crippen LogP contribution is -2.39. The molecule has 0 amide bonds. The zero-order valence-electron chi connectivity index (χ0n) is 13.1. The van der Waals surface area contributed by atoms with Crippen molar-refractivity contribution in [1.82, 2.24) is 0 Å². The fraction of sp³-hybridized carbons (Fsp3) is 0.533. The number of aliphatic imine (C=N–C) groups is 1. The number of fused-ring (bicyclic) bond motifs is 1. The zero-order valence-corrected chi connectivity index (χ0v) is 14.8. The summed E-state index contributed by atoms with van der Waals surface area (Å²) in [6.07, 6.45) is 0. The second-order valence-electron chi connectivity index (χ2n) is 5.51. The van der Waals surface area contributed by atoms with Gasteiger partial charge in [-0.3, -0.25) is 4.99 Å². The summed E-state index contributed by atoms with van der Waals surface area (Å²) in [4.78, 5) is 6.69. The molecule has 8 heteroatoms. The second-order valence-corrected chi connectivity index (χ2v) is 8.72. The van der Waals surface area contributed by atoms with E-state index in [4.69, 9.17) is 9.47 Å².